The molecule has 0 N–H and O–H groups in total. The Morgan fingerprint density at radius 2 is 1.83 bits per heavy atom. The lowest BCUT2D eigenvalue weighted by Crippen LogP contribution is -2.61. The fourth-order valence-corrected chi connectivity index (χ4v) is 3.77. The third kappa shape index (κ3) is 6.01. The minimum absolute atomic E-state index is 0.118. The van der Waals surface area contributed by atoms with Crippen LogP contribution in [0.4, 0.5) is 0 Å². The fourth-order valence-electron chi connectivity index (χ4n) is 3.77. The van der Waals surface area contributed by atoms with Crippen molar-refractivity contribution >= 4 is 17.9 Å². The van der Waals surface area contributed by atoms with Crippen LogP contribution in [0.3, 0.4) is 0 Å². The first kappa shape index (κ1) is 23.3. The zero-order chi connectivity index (χ0) is 21.8. The van der Waals surface area contributed by atoms with Gasteiger partial charge < -0.3 is 28.4 Å². The van der Waals surface area contributed by atoms with Crippen molar-refractivity contribution in [3.05, 3.63) is 11.6 Å². The third-order valence-electron chi connectivity index (χ3n) is 4.81. The highest BCUT2D eigenvalue weighted by Gasteiger charge is 2.61. The number of hydrogen-bond acceptors (Lipinski definition) is 9. The van der Waals surface area contributed by atoms with Crippen molar-refractivity contribution in [3.8, 4) is 0 Å². The Morgan fingerprint density at radius 1 is 1.14 bits per heavy atom. The summed E-state index contributed by atoms with van der Waals surface area (Å²) in [6.45, 7) is 8.22. The van der Waals surface area contributed by atoms with Gasteiger partial charge in [-0.15, -0.1) is 0 Å². The van der Waals surface area contributed by atoms with E-state index in [-0.39, 0.29) is 13.2 Å². The van der Waals surface area contributed by atoms with Gasteiger partial charge >= 0.3 is 17.9 Å². The number of hydrogen-bond donors (Lipinski definition) is 0. The van der Waals surface area contributed by atoms with E-state index in [2.05, 4.69) is 4.74 Å². The molecule has 2 fully saturated rings. The average molecular weight is 414 g/mol. The number of carbonyl (C=O) groups is 3. The SMILES string of the molecule is COC(=O)/C=C(\C)CC1OCC2(CCOC(C)=O)OC(C)(C)OC2C1OC(C)=O. The quantitative estimate of drug-likeness (QED) is 0.349. The van der Waals surface area contributed by atoms with Gasteiger partial charge in [0.1, 0.15) is 17.8 Å². The number of carbonyl (C=O) groups excluding carboxylic acids is 3. The van der Waals surface area contributed by atoms with Crippen molar-refractivity contribution in [1.29, 1.82) is 0 Å². The lowest BCUT2D eigenvalue weighted by molar-refractivity contribution is -0.211. The summed E-state index contributed by atoms with van der Waals surface area (Å²) in [5, 5.41) is 0. The average Bonchev–Trinajstić information content (AvgIpc) is 2.87. The summed E-state index contributed by atoms with van der Waals surface area (Å²) in [4.78, 5) is 34.5. The second-order valence-electron chi connectivity index (χ2n) is 7.84. The summed E-state index contributed by atoms with van der Waals surface area (Å²) in [5.74, 6) is -2.29. The first-order chi connectivity index (χ1) is 13.5. The molecule has 0 aliphatic carbocycles. The van der Waals surface area contributed by atoms with Gasteiger partial charge in [0.15, 0.2) is 11.9 Å². The van der Waals surface area contributed by atoms with Gasteiger partial charge in [-0.2, -0.15) is 0 Å². The number of esters is 3. The van der Waals surface area contributed by atoms with E-state index in [1.54, 1.807) is 20.8 Å². The van der Waals surface area contributed by atoms with E-state index >= 15 is 0 Å². The number of ether oxygens (including phenoxy) is 6. The summed E-state index contributed by atoms with van der Waals surface area (Å²) < 4.78 is 33.6. The molecule has 0 bridgehead atoms. The summed E-state index contributed by atoms with van der Waals surface area (Å²) >= 11 is 0. The molecule has 0 spiro atoms. The molecule has 164 valence electrons. The Balaban J connectivity index is 2.27. The number of rotatable bonds is 7. The molecule has 9 heteroatoms. The number of methoxy groups -OCH3 is 1. The van der Waals surface area contributed by atoms with Gasteiger partial charge in [-0.1, -0.05) is 5.57 Å². The van der Waals surface area contributed by atoms with Gasteiger partial charge in [-0.05, 0) is 27.2 Å². The lowest BCUT2D eigenvalue weighted by Gasteiger charge is -2.44. The molecule has 2 saturated heterocycles. The van der Waals surface area contributed by atoms with Crippen LogP contribution in [-0.4, -0.2) is 67.9 Å². The highest BCUT2D eigenvalue weighted by Crippen LogP contribution is 2.45. The molecule has 2 aliphatic heterocycles. The minimum Gasteiger partial charge on any atom is -0.466 e. The molecule has 4 unspecified atom stereocenters. The molecule has 9 nitrogen and oxygen atoms in total. The van der Waals surface area contributed by atoms with Crippen molar-refractivity contribution in [2.24, 2.45) is 0 Å². The molecule has 2 rings (SSSR count). The van der Waals surface area contributed by atoms with Crippen molar-refractivity contribution < 1.29 is 42.8 Å². The molecule has 0 radical (unpaired) electrons. The van der Waals surface area contributed by atoms with Crippen LogP contribution in [0.1, 0.15) is 47.5 Å². The highest BCUT2D eigenvalue weighted by atomic mass is 16.8. The van der Waals surface area contributed by atoms with E-state index in [0.29, 0.717) is 18.4 Å². The van der Waals surface area contributed by atoms with Crippen LogP contribution in [0.15, 0.2) is 11.6 Å². The Morgan fingerprint density at radius 3 is 2.41 bits per heavy atom. The van der Waals surface area contributed by atoms with Crippen LogP contribution >= 0.6 is 0 Å². The van der Waals surface area contributed by atoms with Gasteiger partial charge in [0.25, 0.3) is 0 Å². The molecule has 2 heterocycles. The van der Waals surface area contributed by atoms with Gasteiger partial charge in [0, 0.05) is 26.3 Å². The van der Waals surface area contributed by atoms with E-state index < -0.39 is 47.6 Å². The minimum atomic E-state index is -0.936. The van der Waals surface area contributed by atoms with Crippen LogP contribution in [-0.2, 0) is 42.8 Å². The monoisotopic (exact) mass is 414 g/mol. The summed E-state index contributed by atoms with van der Waals surface area (Å²) in [5.41, 5.74) is -0.222. The molecule has 0 saturated carbocycles. The summed E-state index contributed by atoms with van der Waals surface area (Å²) in [6.07, 6.45) is 0.106. The standard InChI is InChI=1S/C20H30O9/c1-12(10-16(23)24-6)9-15-17(27-14(3)22)18-20(11-26-15,7-8-25-13(2)21)29-19(4,5)28-18/h10,15,17-18H,7-9,11H2,1-6H3/b12-10+. The second kappa shape index (κ2) is 9.23. The smallest absolute Gasteiger partial charge is 0.330 e. The van der Waals surface area contributed by atoms with Gasteiger partial charge in [-0.25, -0.2) is 4.79 Å². The molecular weight excluding hydrogens is 384 g/mol. The molecule has 29 heavy (non-hydrogen) atoms. The Bertz CT molecular complexity index is 669. The van der Waals surface area contributed by atoms with E-state index in [1.165, 1.54) is 27.0 Å². The molecule has 0 amide bonds. The summed E-state index contributed by atoms with van der Waals surface area (Å²) in [7, 11) is 1.30. The first-order valence-electron chi connectivity index (χ1n) is 9.53. The molecule has 0 aromatic rings. The first-order valence-corrected chi connectivity index (χ1v) is 9.53. The van der Waals surface area contributed by atoms with Crippen LogP contribution in [0.25, 0.3) is 0 Å². The zero-order valence-corrected chi connectivity index (χ0v) is 17.8. The molecule has 4 atom stereocenters. The van der Waals surface area contributed by atoms with E-state index in [4.69, 9.17) is 23.7 Å². The number of fused-ring (bicyclic) bond motifs is 1. The van der Waals surface area contributed by atoms with Crippen LogP contribution in [0.5, 0.6) is 0 Å². The van der Waals surface area contributed by atoms with Gasteiger partial charge in [0.05, 0.1) is 20.3 Å². The summed E-state index contributed by atoms with van der Waals surface area (Å²) in [6, 6.07) is 0. The van der Waals surface area contributed by atoms with Crippen molar-refractivity contribution in [2.75, 3.05) is 20.3 Å². The molecule has 2 aliphatic rings. The van der Waals surface area contributed by atoms with Crippen molar-refractivity contribution in [1.82, 2.24) is 0 Å². The predicted octanol–water partition coefficient (Wildman–Crippen LogP) is 1.67. The third-order valence-corrected chi connectivity index (χ3v) is 4.81. The highest BCUT2D eigenvalue weighted by molar-refractivity contribution is 5.82. The molecule has 0 aromatic carbocycles. The van der Waals surface area contributed by atoms with E-state index in [0.717, 1.165) is 0 Å². The Hall–Kier alpha value is -1.97. The maximum absolute atomic E-state index is 11.8. The molecular formula is C20H30O9. The normalized spacial score (nSPS) is 31.0. The topological polar surface area (TPSA) is 107 Å². The van der Waals surface area contributed by atoms with Crippen molar-refractivity contribution in [3.63, 3.8) is 0 Å². The Kier molecular flexibility index (Phi) is 7.42. The predicted molar refractivity (Wildman–Crippen MR) is 99.7 cm³/mol. The van der Waals surface area contributed by atoms with Crippen molar-refractivity contribution in [2.45, 2.75) is 77.2 Å². The van der Waals surface area contributed by atoms with E-state index in [1.807, 2.05) is 0 Å². The second-order valence-corrected chi connectivity index (χ2v) is 7.84. The maximum Gasteiger partial charge on any atom is 0.330 e. The lowest BCUT2D eigenvalue weighted by atomic mass is 9.84. The zero-order valence-electron chi connectivity index (χ0n) is 17.8. The maximum atomic E-state index is 11.8. The van der Waals surface area contributed by atoms with Crippen LogP contribution in [0.2, 0.25) is 0 Å². The van der Waals surface area contributed by atoms with Gasteiger partial charge in [0.2, 0.25) is 0 Å². The van der Waals surface area contributed by atoms with Crippen LogP contribution in [0, 0.1) is 0 Å². The van der Waals surface area contributed by atoms with E-state index in [9.17, 15) is 14.4 Å². The fraction of sp³-hybridized carbons (Fsp3) is 0.750. The van der Waals surface area contributed by atoms with Crippen LogP contribution < -0.4 is 0 Å². The molecule has 0 aromatic heterocycles. The largest absolute Gasteiger partial charge is 0.466 e. The Labute approximate surface area is 170 Å². The van der Waals surface area contributed by atoms with Gasteiger partial charge in [-0.3, -0.25) is 9.59 Å².